The molecule has 0 bridgehead atoms. The zero-order valence-electron chi connectivity index (χ0n) is 14.0. The summed E-state index contributed by atoms with van der Waals surface area (Å²) >= 11 is 2.79. The number of likely N-dealkylation sites (tertiary alicyclic amines) is 1. The second-order valence-corrected chi connectivity index (χ2v) is 8.43. The minimum atomic E-state index is -0.0767. The summed E-state index contributed by atoms with van der Waals surface area (Å²) in [5.74, 6) is 1.50. The predicted molar refractivity (Wildman–Crippen MR) is 98.5 cm³/mol. The van der Waals surface area contributed by atoms with Crippen molar-refractivity contribution in [2.75, 3.05) is 37.2 Å². The first-order valence-corrected chi connectivity index (χ1v) is 10.3. The predicted octanol–water partition coefficient (Wildman–Crippen LogP) is 2.87. The van der Waals surface area contributed by atoms with Crippen LogP contribution in [-0.4, -0.2) is 57.9 Å². The third-order valence-corrected chi connectivity index (χ3v) is 6.08. The van der Waals surface area contributed by atoms with Crippen LogP contribution in [0.5, 0.6) is 0 Å². The molecule has 3 rings (SSSR count). The summed E-state index contributed by atoms with van der Waals surface area (Å²) in [4.78, 5) is 32.2. The van der Waals surface area contributed by atoms with Crippen LogP contribution in [0, 0.1) is 5.92 Å². The topological polar surface area (TPSA) is 65.5 Å². The molecule has 6 nitrogen and oxygen atoms in total. The van der Waals surface area contributed by atoms with Gasteiger partial charge in [0.2, 0.25) is 5.91 Å². The number of carbonyl (C=O) groups is 2. The fourth-order valence-electron chi connectivity index (χ4n) is 3.14. The van der Waals surface area contributed by atoms with Gasteiger partial charge in [-0.2, -0.15) is 0 Å². The Morgan fingerprint density at radius 1 is 1.46 bits per heavy atom. The van der Waals surface area contributed by atoms with E-state index in [0.717, 1.165) is 43.5 Å². The second-order valence-electron chi connectivity index (χ2n) is 6.53. The van der Waals surface area contributed by atoms with Crippen LogP contribution in [0.15, 0.2) is 5.38 Å². The normalized spacial score (nSPS) is 22.1. The Bertz CT molecular complexity index is 592. The van der Waals surface area contributed by atoms with Gasteiger partial charge in [0.05, 0.1) is 5.69 Å². The zero-order chi connectivity index (χ0) is 16.9. The minimum Gasteiger partial charge on any atom is -0.332 e. The van der Waals surface area contributed by atoms with Crippen molar-refractivity contribution in [3.05, 3.63) is 11.1 Å². The lowest BCUT2D eigenvalue weighted by molar-refractivity contribution is -0.116. The molecule has 2 aliphatic rings. The number of hydrogen-bond donors (Lipinski definition) is 1. The SMILES string of the molecule is C[C@H]1CCCN(Cc2csc(NC(=O)CCN3CCSC3=O)n2)C1. The van der Waals surface area contributed by atoms with Gasteiger partial charge in [0.15, 0.2) is 5.13 Å². The quantitative estimate of drug-likeness (QED) is 0.836. The Morgan fingerprint density at radius 3 is 3.08 bits per heavy atom. The number of carbonyl (C=O) groups excluding carboxylic acids is 2. The molecule has 2 aliphatic heterocycles. The number of anilines is 1. The van der Waals surface area contributed by atoms with E-state index in [0.29, 0.717) is 18.1 Å². The van der Waals surface area contributed by atoms with Crippen LogP contribution in [-0.2, 0) is 11.3 Å². The average molecular weight is 369 g/mol. The van der Waals surface area contributed by atoms with Gasteiger partial charge in [0, 0.05) is 43.7 Å². The molecule has 132 valence electrons. The lowest BCUT2D eigenvalue weighted by Gasteiger charge is -2.30. The van der Waals surface area contributed by atoms with Crippen molar-refractivity contribution in [3.63, 3.8) is 0 Å². The summed E-state index contributed by atoms with van der Waals surface area (Å²) in [6, 6.07) is 0. The molecule has 8 heteroatoms. The molecule has 0 aromatic carbocycles. The molecule has 1 aromatic rings. The summed E-state index contributed by atoms with van der Waals surface area (Å²) in [5.41, 5.74) is 1.02. The van der Waals surface area contributed by atoms with E-state index in [1.807, 2.05) is 5.38 Å². The largest absolute Gasteiger partial charge is 0.332 e. The van der Waals surface area contributed by atoms with Crippen molar-refractivity contribution in [2.45, 2.75) is 32.7 Å². The highest BCUT2D eigenvalue weighted by Crippen LogP contribution is 2.21. The highest BCUT2D eigenvalue weighted by atomic mass is 32.2. The number of thioether (sulfide) groups is 1. The first-order valence-electron chi connectivity index (χ1n) is 8.48. The maximum Gasteiger partial charge on any atom is 0.281 e. The smallest absolute Gasteiger partial charge is 0.281 e. The van der Waals surface area contributed by atoms with Crippen molar-refractivity contribution in [3.8, 4) is 0 Å². The molecule has 24 heavy (non-hydrogen) atoms. The van der Waals surface area contributed by atoms with E-state index in [-0.39, 0.29) is 11.1 Å². The first kappa shape index (κ1) is 17.7. The lowest BCUT2D eigenvalue weighted by Crippen LogP contribution is -2.33. The Morgan fingerprint density at radius 2 is 2.33 bits per heavy atom. The van der Waals surface area contributed by atoms with Gasteiger partial charge in [0.1, 0.15) is 0 Å². The van der Waals surface area contributed by atoms with Gasteiger partial charge in [-0.3, -0.25) is 14.5 Å². The zero-order valence-corrected chi connectivity index (χ0v) is 15.6. The van der Waals surface area contributed by atoms with Crippen LogP contribution in [0.1, 0.15) is 31.9 Å². The molecule has 0 radical (unpaired) electrons. The number of nitrogens with zero attached hydrogens (tertiary/aromatic N) is 3. The van der Waals surface area contributed by atoms with E-state index in [1.54, 1.807) is 4.90 Å². The van der Waals surface area contributed by atoms with Gasteiger partial charge in [-0.1, -0.05) is 18.7 Å². The van der Waals surface area contributed by atoms with E-state index < -0.39 is 0 Å². The number of amides is 2. The number of nitrogens with one attached hydrogen (secondary N) is 1. The van der Waals surface area contributed by atoms with E-state index in [2.05, 4.69) is 22.1 Å². The molecule has 1 N–H and O–H groups in total. The maximum atomic E-state index is 12.0. The summed E-state index contributed by atoms with van der Waals surface area (Å²) in [7, 11) is 0. The van der Waals surface area contributed by atoms with Crippen molar-refractivity contribution in [1.29, 1.82) is 0 Å². The van der Waals surface area contributed by atoms with Crippen LogP contribution in [0.25, 0.3) is 0 Å². The number of aromatic nitrogens is 1. The molecular formula is C16H24N4O2S2. The fourth-order valence-corrected chi connectivity index (χ4v) is 4.71. The number of piperidine rings is 1. The average Bonchev–Trinajstić information content (AvgIpc) is 3.14. The number of hydrogen-bond acceptors (Lipinski definition) is 6. The Hall–Kier alpha value is -1.12. The Balaban J connectivity index is 1.43. The summed E-state index contributed by atoms with van der Waals surface area (Å²) in [5, 5.41) is 5.61. The van der Waals surface area contributed by atoms with E-state index >= 15 is 0 Å². The molecule has 2 fully saturated rings. The van der Waals surface area contributed by atoms with Gasteiger partial charge in [-0.05, 0) is 25.3 Å². The summed E-state index contributed by atoms with van der Waals surface area (Å²) < 4.78 is 0. The minimum absolute atomic E-state index is 0.0767. The van der Waals surface area contributed by atoms with Crippen LogP contribution in [0.4, 0.5) is 9.93 Å². The number of rotatable bonds is 6. The van der Waals surface area contributed by atoms with E-state index in [1.165, 1.54) is 35.9 Å². The van der Waals surface area contributed by atoms with Crippen molar-refractivity contribution in [1.82, 2.24) is 14.8 Å². The molecule has 3 heterocycles. The van der Waals surface area contributed by atoms with Gasteiger partial charge in [-0.15, -0.1) is 11.3 Å². The second kappa shape index (κ2) is 8.31. The third-order valence-electron chi connectivity index (χ3n) is 4.38. The molecule has 0 aliphatic carbocycles. The Labute approximate surface area is 151 Å². The molecular weight excluding hydrogens is 344 g/mol. The molecule has 0 unspecified atom stereocenters. The maximum absolute atomic E-state index is 12.0. The van der Waals surface area contributed by atoms with E-state index in [9.17, 15) is 9.59 Å². The highest BCUT2D eigenvalue weighted by Gasteiger charge is 2.21. The molecule has 2 saturated heterocycles. The van der Waals surface area contributed by atoms with Crippen molar-refractivity contribution >= 4 is 39.4 Å². The van der Waals surface area contributed by atoms with Gasteiger partial charge in [-0.25, -0.2) is 4.98 Å². The van der Waals surface area contributed by atoms with Crippen molar-refractivity contribution in [2.24, 2.45) is 5.92 Å². The van der Waals surface area contributed by atoms with Gasteiger partial charge >= 0.3 is 0 Å². The standard InChI is InChI=1S/C16H24N4O2S2/c1-12-3-2-5-19(9-12)10-13-11-24-15(17-13)18-14(21)4-6-20-7-8-23-16(20)22/h11-12H,2-10H2,1H3,(H,17,18,21)/t12-/m0/s1. The first-order chi connectivity index (χ1) is 11.6. The fraction of sp³-hybridized carbons (Fsp3) is 0.688. The highest BCUT2D eigenvalue weighted by molar-refractivity contribution is 8.13. The van der Waals surface area contributed by atoms with Gasteiger partial charge < -0.3 is 10.2 Å². The summed E-state index contributed by atoms with van der Waals surface area (Å²) in [6.45, 7) is 6.64. The van der Waals surface area contributed by atoms with Crippen molar-refractivity contribution < 1.29 is 9.59 Å². The van der Waals surface area contributed by atoms with Gasteiger partial charge in [0.25, 0.3) is 5.24 Å². The third kappa shape index (κ3) is 4.94. The van der Waals surface area contributed by atoms with Crippen LogP contribution in [0.2, 0.25) is 0 Å². The van der Waals surface area contributed by atoms with Crippen LogP contribution >= 0.6 is 23.1 Å². The molecule has 2 amide bonds. The monoisotopic (exact) mass is 368 g/mol. The Kier molecular flexibility index (Phi) is 6.13. The number of thiazole rings is 1. The van der Waals surface area contributed by atoms with Crippen LogP contribution < -0.4 is 5.32 Å². The molecule has 1 atom stereocenters. The molecule has 0 saturated carbocycles. The lowest BCUT2D eigenvalue weighted by atomic mass is 10.0. The van der Waals surface area contributed by atoms with Crippen LogP contribution in [0.3, 0.4) is 0 Å². The van der Waals surface area contributed by atoms with E-state index in [4.69, 9.17) is 0 Å². The molecule has 0 spiro atoms. The molecule has 1 aromatic heterocycles. The summed E-state index contributed by atoms with van der Waals surface area (Å²) in [6.07, 6.45) is 2.89.